The standard InChI is InChI=1S/C29H23N3O2/c1-31-24-13-7-6-12-23(24)26(27(31)20-15-14-18-8-2-3-9-19(18)16-20)28-21-10-4-5-11-22(21)29(34)32(28)17-25(30)33/h2-16,28H,17H2,1H3,(H2,30,33)/t28-/m0/s1. The summed E-state index contributed by atoms with van der Waals surface area (Å²) in [6, 6.07) is 30.1. The van der Waals surface area contributed by atoms with E-state index in [0.717, 1.165) is 38.7 Å². The highest BCUT2D eigenvalue weighted by Gasteiger charge is 2.41. The number of para-hydroxylation sites is 1. The topological polar surface area (TPSA) is 68.3 Å². The van der Waals surface area contributed by atoms with Crippen LogP contribution in [-0.2, 0) is 11.8 Å². The number of hydrogen-bond donors (Lipinski definition) is 1. The Morgan fingerprint density at radius 1 is 0.882 bits per heavy atom. The second-order valence-corrected chi connectivity index (χ2v) is 8.79. The number of nitrogens with zero attached hydrogens (tertiary/aromatic N) is 2. The van der Waals surface area contributed by atoms with Crippen molar-refractivity contribution in [3.05, 3.63) is 108 Å². The van der Waals surface area contributed by atoms with Crippen molar-refractivity contribution < 1.29 is 9.59 Å². The lowest BCUT2D eigenvalue weighted by Gasteiger charge is -2.26. The molecule has 5 heteroatoms. The minimum Gasteiger partial charge on any atom is -0.368 e. The van der Waals surface area contributed by atoms with Crippen molar-refractivity contribution in [2.24, 2.45) is 12.8 Å². The maximum atomic E-state index is 13.4. The summed E-state index contributed by atoms with van der Waals surface area (Å²) in [4.78, 5) is 27.0. The third-order valence-corrected chi connectivity index (χ3v) is 6.83. The normalized spacial score (nSPS) is 15.3. The molecule has 1 aromatic heterocycles. The molecule has 0 radical (unpaired) electrons. The first kappa shape index (κ1) is 20.2. The van der Waals surface area contributed by atoms with E-state index in [4.69, 9.17) is 5.73 Å². The van der Waals surface area contributed by atoms with E-state index in [-0.39, 0.29) is 12.5 Å². The Bertz CT molecular complexity index is 1610. The summed E-state index contributed by atoms with van der Waals surface area (Å²) >= 11 is 0. The average Bonchev–Trinajstić information content (AvgIpc) is 3.29. The Morgan fingerprint density at radius 2 is 1.59 bits per heavy atom. The van der Waals surface area contributed by atoms with Crippen molar-refractivity contribution in [2.75, 3.05) is 6.54 Å². The van der Waals surface area contributed by atoms with E-state index in [0.29, 0.717) is 5.56 Å². The number of nitrogens with two attached hydrogens (primary N) is 1. The molecule has 0 saturated carbocycles. The fraction of sp³-hybridized carbons (Fsp3) is 0.103. The summed E-state index contributed by atoms with van der Waals surface area (Å²) in [6.45, 7) is -0.140. The molecule has 34 heavy (non-hydrogen) atoms. The van der Waals surface area contributed by atoms with Crippen LogP contribution in [0.3, 0.4) is 0 Å². The van der Waals surface area contributed by atoms with Gasteiger partial charge in [0.1, 0.15) is 6.54 Å². The second-order valence-electron chi connectivity index (χ2n) is 8.79. The summed E-state index contributed by atoms with van der Waals surface area (Å²) in [5, 5.41) is 3.37. The van der Waals surface area contributed by atoms with Gasteiger partial charge in [0.25, 0.3) is 5.91 Å². The second kappa shape index (κ2) is 7.59. The Kier molecular flexibility index (Phi) is 4.52. The Morgan fingerprint density at radius 3 is 2.41 bits per heavy atom. The predicted molar refractivity (Wildman–Crippen MR) is 134 cm³/mol. The van der Waals surface area contributed by atoms with Gasteiger partial charge in [-0.25, -0.2) is 0 Å². The van der Waals surface area contributed by atoms with E-state index in [1.54, 1.807) is 4.90 Å². The van der Waals surface area contributed by atoms with Crippen LogP contribution in [0.5, 0.6) is 0 Å². The molecule has 0 spiro atoms. The molecule has 4 aromatic carbocycles. The smallest absolute Gasteiger partial charge is 0.255 e. The number of carbonyl (C=O) groups excluding carboxylic acids is 2. The number of amides is 2. The van der Waals surface area contributed by atoms with Crippen molar-refractivity contribution in [1.29, 1.82) is 0 Å². The van der Waals surface area contributed by atoms with Crippen molar-refractivity contribution in [3.63, 3.8) is 0 Å². The SMILES string of the molecule is Cn1c(-c2ccc3ccccc3c2)c([C@@H]2c3ccccc3C(=O)N2CC(N)=O)c2ccccc21. The minimum atomic E-state index is -0.529. The number of aryl methyl sites for hydroxylation is 1. The molecule has 1 aliphatic rings. The summed E-state index contributed by atoms with van der Waals surface area (Å²) in [7, 11) is 2.05. The fourth-order valence-electron chi connectivity index (χ4n) is 5.40. The van der Waals surface area contributed by atoms with Crippen LogP contribution in [0, 0.1) is 0 Å². The highest BCUT2D eigenvalue weighted by Crippen LogP contribution is 2.46. The Labute approximate surface area is 197 Å². The molecule has 166 valence electrons. The van der Waals surface area contributed by atoms with Gasteiger partial charge in [-0.3, -0.25) is 9.59 Å². The van der Waals surface area contributed by atoms with Gasteiger partial charge in [0, 0.05) is 29.1 Å². The zero-order chi connectivity index (χ0) is 23.4. The molecule has 5 nitrogen and oxygen atoms in total. The molecule has 0 unspecified atom stereocenters. The van der Waals surface area contributed by atoms with Crippen molar-refractivity contribution in [3.8, 4) is 11.3 Å². The van der Waals surface area contributed by atoms with E-state index >= 15 is 0 Å². The molecular formula is C29H23N3O2. The van der Waals surface area contributed by atoms with Crippen molar-refractivity contribution in [2.45, 2.75) is 6.04 Å². The lowest BCUT2D eigenvalue weighted by Crippen LogP contribution is -2.37. The lowest BCUT2D eigenvalue weighted by atomic mass is 9.92. The molecule has 0 fully saturated rings. The maximum absolute atomic E-state index is 13.4. The third kappa shape index (κ3) is 2.94. The molecule has 1 aliphatic heterocycles. The number of aromatic nitrogens is 1. The minimum absolute atomic E-state index is 0.140. The van der Waals surface area contributed by atoms with Crippen LogP contribution in [0.15, 0.2) is 91.0 Å². The third-order valence-electron chi connectivity index (χ3n) is 6.83. The van der Waals surface area contributed by atoms with Crippen LogP contribution in [-0.4, -0.2) is 27.8 Å². The number of carbonyl (C=O) groups is 2. The summed E-state index contributed by atoms with van der Waals surface area (Å²) in [6.07, 6.45) is 0. The number of fused-ring (bicyclic) bond motifs is 3. The van der Waals surface area contributed by atoms with E-state index < -0.39 is 11.9 Å². The largest absolute Gasteiger partial charge is 0.368 e. The van der Waals surface area contributed by atoms with Gasteiger partial charge in [-0.15, -0.1) is 0 Å². The van der Waals surface area contributed by atoms with Gasteiger partial charge in [0.15, 0.2) is 0 Å². The molecule has 6 rings (SSSR count). The highest BCUT2D eigenvalue weighted by atomic mass is 16.2. The Hall–Kier alpha value is -4.38. The van der Waals surface area contributed by atoms with Gasteiger partial charge in [-0.05, 0) is 40.1 Å². The zero-order valence-electron chi connectivity index (χ0n) is 18.7. The van der Waals surface area contributed by atoms with Gasteiger partial charge >= 0.3 is 0 Å². The van der Waals surface area contributed by atoms with Crippen LogP contribution < -0.4 is 5.73 Å². The molecule has 2 amide bonds. The quantitative estimate of drug-likeness (QED) is 0.422. The van der Waals surface area contributed by atoms with Crippen LogP contribution in [0.2, 0.25) is 0 Å². The number of primary amides is 1. The molecule has 2 N–H and O–H groups in total. The van der Waals surface area contributed by atoms with E-state index in [2.05, 4.69) is 54.1 Å². The first-order valence-electron chi connectivity index (χ1n) is 11.3. The average molecular weight is 446 g/mol. The van der Waals surface area contributed by atoms with E-state index in [1.807, 2.05) is 48.5 Å². The predicted octanol–water partition coefficient (Wildman–Crippen LogP) is 5.03. The van der Waals surface area contributed by atoms with E-state index in [9.17, 15) is 9.59 Å². The van der Waals surface area contributed by atoms with Gasteiger partial charge in [-0.1, -0.05) is 72.8 Å². The molecule has 2 heterocycles. The maximum Gasteiger partial charge on any atom is 0.255 e. The van der Waals surface area contributed by atoms with E-state index in [1.165, 1.54) is 5.39 Å². The monoisotopic (exact) mass is 445 g/mol. The fourth-order valence-corrected chi connectivity index (χ4v) is 5.40. The van der Waals surface area contributed by atoms with Crippen LogP contribution in [0.4, 0.5) is 0 Å². The first-order valence-corrected chi connectivity index (χ1v) is 11.3. The highest BCUT2D eigenvalue weighted by molar-refractivity contribution is 6.04. The van der Waals surface area contributed by atoms with Crippen LogP contribution >= 0.6 is 0 Å². The van der Waals surface area contributed by atoms with Gasteiger partial charge < -0.3 is 15.2 Å². The molecular weight excluding hydrogens is 422 g/mol. The Balaban J connectivity index is 1.68. The summed E-state index contributed by atoms with van der Waals surface area (Å²) < 4.78 is 2.18. The van der Waals surface area contributed by atoms with Crippen LogP contribution in [0.25, 0.3) is 32.9 Å². The molecule has 0 aliphatic carbocycles. The zero-order valence-corrected chi connectivity index (χ0v) is 18.7. The molecule has 5 aromatic rings. The molecule has 1 atom stereocenters. The molecule has 0 bridgehead atoms. The summed E-state index contributed by atoms with van der Waals surface area (Å²) in [5.41, 5.74) is 11.3. The number of rotatable bonds is 4. The molecule has 0 saturated heterocycles. The van der Waals surface area contributed by atoms with Crippen molar-refractivity contribution >= 4 is 33.5 Å². The van der Waals surface area contributed by atoms with Gasteiger partial charge in [0.05, 0.1) is 11.7 Å². The first-order chi connectivity index (χ1) is 16.5. The van der Waals surface area contributed by atoms with Gasteiger partial charge in [-0.2, -0.15) is 0 Å². The lowest BCUT2D eigenvalue weighted by molar-refractivity contribution is -0.118. The number of benzene rings is 4. The van der Waals surface area contributed by atoms with Crippen molar-refractivity contribution in [1.82, 2.24) is 9.47 Å². The van der Waals surface area contributed by atoms with Gasteiger partial charge in [0.2, 0.25) is 5.91 Å². The summed E-state index contributed by atoms with van der Waals surface area (Å²) in [5.74, 6) is -0.699. The number of hydrogen-bond acceptors (Lipinski definition) is 2. The van der Waals surface area contributed by atoms with Crippen LogP contribution in [0.1, 0.15) is 27.5 Å².